The van der Waals surface area contributed by atoms with Gasteiger partial charge in [-0.3, -0.25) is 14.3 Å². The average Bonchev–Trinajstić information content (AvgIpc) is 2.65. The average molecular weight is 364 g/mol. The maximum absolute atomic E-state index is 13.0. The number of thioether (sulfide) groups is 1. The summed E-state index contributed by atoms with van der Waals surface area (Å²) < 4.78 is 1.67. The molecule has 2 saturated carbocycles. The first-order chi connectivity index (χ1) is 12.6. The van der Waals surface area contributed by atoms with E-state index < -0.39 is 0 Å². The van der Waals surface area contributed by atoms with Crippen molar-refractivity contribution in [2.24, 2.45) is 11.8 Å². The second-order valence-corrected chi connectivity index (χ2v) is 8.88. The second kappa shape index (κ2) is 5.68. The van der Waals surface area contributed by atoms with Gasteiger partial charge in [0.05, 0.1) is 11.4 Å². The first-order valence-corrected chi connectivity index (χ1v) is 10.3. The van der Waals surface area contributed by atoms with Crippen LogP contribution >= 0.6 is 11.8 Å². The zero-order valence-electron chi connectivity index (χ0n) is 14.7. The smallest absolute Gasteiger partial charge is 0.272 e. The first-order valence-electron chi connectivity index (χ1n) is 9.27. The Labute approximate surface area is 156 Å². The lowest BCUT2D eigenvalue weighted by Crippen LogP contribution is -2.53. The van der Waals surface area contributed by atoms with Crippen molar-refractivity contribution in [3.8, 4) is 17.3 Å². The number of pyridine rings is 1. The number of hydrogen-bond acceptors (Lipinski definition) is 5. The summed E-state index contributed by atoms with van der Waals surface area (Å²) in [5, 5.41) is 10.5. The minimum Gasteiger partial charge on any atom is -0.286 e. The highest BCUT2D eigenvalue weighted by Crippen LogP contribution is 2.62. The molecule has 2 aromatic rings. The van der Waals surface area contributed by atoms with Gasteiger partial charge in [0.15, 0.2) is 5.16 Å². The Morgan fingerprint density at radius 1 is 1.38 bits per heavy atom. The molecule has 0 saturated heterocycles. The highest BCUT2D eigenvalue weighted by atomic mass is 32.2. The van der Waals surface area contributed by atoms with E-state index in [9.17, 15) is 10.1 Å². The van der Waals surface area contributed by atoms with E-state index >= 15 is 0 Å². The van der Waals surface area contributed by atoms with Crippen LogP contribution in [0.3, 0.4) is 0 Å². The van der Waals surface area contributed by atoms with Crippen molar-refractivity contribution in [1.82, 2.24) is 14.5 Å². The highest BCUT2D eigenvalue weighted by molar-refractivity contribution is 7.99. The number of aromatic nitrogens is 3. The van der Waals surface area contributed by atoms with Crippen molar-refractivity contribution in [1.29, 1.82) is 5.26 Å². The van der Waals surface area contributed by atoms with Crippen LogP contribution in [0.5, 0.6) is 0 Å². The molecule has 3 heterocycles. The van der Waals surface area contributed by atoms with Gasteiger partial charge in [-0.15, -0.1) is 0 Å². The molecule has 26 heavy (non-hydrogen) atoms. The van der Waals surface area contributed by atoms with Crippen molar-refractivity contribution in [2.45, 2.75) is 49.7 Å². The van der Waals surface area contributed by atoms with E-state index in [0.717, 1.165) is 35.0 Å². The molecule has 1 atom stereocenters. The molecule has 2 fully saturated rings. The Kier molecular flexibility index (Phi) is 3.51. The fourth-order valence-electron chi connectivity index (χ4n) is 4.77. The van der Waals surface area contributed by atoms with E-state index in [4.69, 9.17) is 9.97 Å². The summed E-state index contributed by atoms with van der Waals surface area (Å²) in [6.45, 7) is 2.75. The fraction of sp³-hybridized carbons (Fsp3) is 0.500. The van der Waals surface area contributed by atoms with Crippen molar-refractivity contribution >= 4 is 11.8 Å². The normalized spacial score (nSPS) is 28.9. The summed E-state index contributed by atoms with van der Waals surface area (Å²) in [6, 6.07) is 6.01. The first kappa shape index (κ1) is 16.1. The van der Waals surface area contributed by atoms with Gasteiger partial charge in [-0.25, -0.2) is 4.98 Å². The third-order valence-electron chi connectivity index (χ3n) is 6.43. The van der Waals surface area contributed by atoms with E-state index in [1.54, 1.807) is 16.3 Å². The number of nitriles is 1. The van der Waals surface area contributed by atoms with Gasteiger partial charge in [0.2, 0.25) is 0 Å². The van der Waals surface area contributed by atoms with Crippen LogP contribution in [-0.4, -0.2) is 20.3 Å². The summed E-state index contributed by atoms with van der Waals surface area (Å²) in [5.41, 5.74) is 2.56. The predicted molar refractivity (Wildman–Crippen MR) is 100.0 cm³/mol. The maximum Gasteiger partial charge on any atom is 0.272 e. The molecule has 3 aliphatic rings. The van der Waals surface area contributed by atoms with Crippen LogP contribution in [0.4, 0.5) is 0 Å². The third kappa shape index (κ3) is 2.07. The van der Waals surface area contributed by atoms with Gasteiger partial charge < -0.3 is 0 Å². The zero-order valence-corrected chi connectivity index (χ0v) is 15.6. The molecule has 2 aromatic heterocycles. The largest absolute Gasteiger partial charge is 0.286 e. The van der Waals surface area contributed by atoms with Gasteiger partial charge in [-0.2, -0.15) is 5.26 Å². The van der Waals surface area contributed by atoms with Crippen LogP contribution in [0.25, 0.3) is 11.3 Å². The molecule has 0 aromatic carbocycles. The van der Waals surface area contributed by atoms with Crippen molar-refractivity contribution < 1.29 is 0 Å². The summed E-state index contributed by atoms with van der Waals surface area (Å²) >= 11 is 1.61. The molecule has 0 amide bonds. The van der Waals surface area contributed by atoms with Gasteiger partial charge in [0, 0.05) is 29.5 Å². The Bertz CT molecular complexity index is 998. The van der Waals surface area contributed by atoms with Gasteiger partial charge in [0.1, 0.15) is 11.6 Å². The van der Waals surface area contributed by atoms with Gasteiger partial charge in [-0.1, -0.05) is 18.7 Å². The fourth-order valence-corrected chi connectivity index (χ4v) is 5.78. The quantitative estimate of drug-likeness (QED) is 0.764. The minimum atomic E-state index is -0.211. The third-order valence-corrected chi connectivity index (χ3v) is 7.74. The summed E-state index contributed by atoms with van der Waals surface area (Å²) in [5.74, 6) is 2.06. The number of hydrogen-bond donors (Lipinski definition) is 0. The minimum absolute atomic E-state index is 0.152. The molecule has 6 heteroatoms. The van der Waals surface area contributed by atoms with Gasteiger partial charge in [0.25, 0.3) is 5.56 Å². The van der Waals surface area contributed by atoms with Crippen molar-refractivity contribution in [3.05, 3.63) is 39.9 Å². The monoisotopic (exact) mass is 364 g/mol. The van der Waals surface area contributed by atoms with Crippen LogP contribution in [0.1, 0.15) is 43.9 Å². The van der Waals surface area contributed by atoms with E-state index in [2.05, 4.69) is 13.0 Å². The van der Waals surface area contributed by atoms with Crippen LogP contribution in [-0.2, 0) is 12.0 Å². The lowest BCUT2D eigenvalue weighted by Gasteiger charge is -2.58. The molecular formula is C20H20N4OS. The van der Waals surface area contributed by atoms with Crippen LogP contribution < -0.4 is 5.56 Å². The molecule has 1 aliphatic heterocycles. The topological polar surface area (TPSA) is 71.6 Å². The number of fused-ring (bicyclic) bond motifs is 2. The second-order valence-electron chi connectivity index (χ2n) is 7.89. The Balaban J connectivity index is 1.72. The number of rotatable bonds is 2. The van der Waals surface area contributed by atoms with Crippen LogP contribution in [0.15, 0.2) is 28.3 Å². The molecule has 5 rings (SSSR count). The number of nitrogens with zero attached hydrogens (tertiary/aromatic N) is 4. The van der Waals surface area contributed by atoms with Gasteiger partial charge in [-0.05, 0) is 49.7 Å². The Hall–Kier alpha value is -2.13. The SMILES string of the molecule is CC1CSc2nc(-c3cccnc3C34CCC3CC4)c(C#N)c(=O)n2C1. The van der Waals surface area contributed by atoms with Crippen molar-refractivity contribution in [3.63, 3.8) is 0 Å². The summed E-state index contributed by atoms with van der Waals surface area (Å²) in [6.07, 6.45) is 6.65. The lowest BCUT2D eigenvalue weighted by atomic mass is 9.46. The molecule has 1 unspecified atom stereocenters. The molecule has 2 aliphatic carbocycles. The summed E-state index contributed by atoms with van der Waals surface area (Å²) in [7, 11) is 0. The molecule has 0 N–H and O–H groups in total. The predicted octanol–water partition coefficient (Wildman–Crippen LogP) is 3.36. The standard InChI is InChI=1S/C20H20N4OS/c1-12-10-24-18(25)15(9-21)16(23-19(24)26-11-12)14-3-2-8-22-17(14)20-6-4-13(20)5-7-20/h2-3,8,12-13H,4-7,10-11H2,1H3. The van der Waals surface area contributed by atoms with Crippen LogP contribution in [0, 0.1) is 23.2 Å². The van der Waals surface area contributed by atoms with Crippen LogP contribution in [0.2, 0.25) is 0 Å². The Morgan fingerprint density at radius 3 is 2.85 bits per heavy atom. The highest BCUT2D eigenvalue weighted by Gasteiger charge is 2.56. The molecule has 132 valence electrons. The zero-order chi connectivity index (χ0) is 17.9. The molecular weight excluding hydrogens is 344 g/mol. The summed E-state index contributed by atoms with van der Waals surface area (Å²) in [4.78, 5) is 22.5. The van der Waals surface area contributed by atoms with Gasteiger partial charge >= 0.3 is 0 Å². The maximum atomic E-state index is 13.0. The van der Waals surface area contributed by atoms with E-state index in [-0.39, 0.29) is 16.5 Å². The van der Waals surface area contributed by atoms with E-state index in [1.807, 2.05) is 18.3 Å². The van der Waals surface area contributed by atoms with E-state index in [1.165, 1.54) is 12.8 Å². The Morgan fingerprint density at radius 2 is 2.19 bits per heavy atom. The molecule has 0 spiro atoms. The van der Waals surface area contributed by atoms with Crippen molar-refractivity contribution in [2.75, 3.05) is 5.75 Å². The molecule has 5 nitrogen and oxygen atoms in total. The van der Waals surface area contributed by atoms with E-state index in [0.29, 0.717) is 24.1 Å². The lowest BCUT2D eigenvalue weighted by molar-refractivity contribution is 0.00276. The molecule has 0 bridgehead atoms. The molecule has 0 radical (unpaired) electrons.